The van der Waals surface area contributed by atoms with Gasteiger partial charge in [-0.1, -0.05) is 0 Å². The van der Waals surface area contributed by atoms with Crippen LogP contribution in [0.25, 0.3) is 0 Å². The van der Waals surface area contributed by atoms with Gasteiger partial charge < -0.3 is 0 Å². The number of rotatable bonds is 6. The van der Waals surface area contributed by atoms with Crippen LogP contribution < -0.4 is 0 Å². The molecule has 0 aromatic heterocycles. The molecular weight excluding hydrogens is 324 g/mol. The van der Waals surface area contributed by atoms with Gasteiger partial charge in [-0.15, -0.1) is 11.6 Å². The zero-order valence-corrected chi connectivity index (χ0v) is 12.9. The fourth-order valence-corrected chi connectivity index (χ4v) is 2.19. The minimum atomic E-state index is -0.522. The van der Waals surface area contributed by atoms with Crippen molar-refractivity contribution >= 4 is 27.5 Å². The minimum absolute atomic E-state index is 0.104. The Morgan fingerprint density at radius 2 is 2.00 bits per heavy atom. The Morgan fingerprint density at radius 1 is 1.33 bits per heavy atom. The lowest BCUT2D eigenvalue weighted by atomic mass is 10.1. The SMILES string of the molecule is CC(C)N(CCCCl)Cc1c(F)ccc(Br)c1F. The molecule has 0 amide bonds. The summed E-state index contributed by atoms with van der Waals surface area (Å²) < 4.78 is 27.8. The van der Waals surface area contributed by atoms with Crippen molar-refractivity contribution in [2.75, 3.05) is 12.4 Å². The van der Waals surface area contributed by atoms with Gasteiger partial charge in [0, 0.05) is 24.0 Å². The van der Waals surface area contributed by atoms with Gasteiger partial charge in [0.1, 0.15) is 11.6 Å². The van der Waals surface area contributed by atoms with Gasteiger partial charge in [0.15, 0.2) is 0 Å². The Hall–Kier alpha value is -0.190. The highest BCUT2D eigenvalue weighted by Gasteiger charge is 2.17. The van der Waals surface area contributed by atoms with Crippen LogP contribution in [0.2, 0.25) is 0 Å². The number of nitrogens with zero attached hydrogens (tertiary/aromatic N) is 1. The van der Waals surface area contributed by atoms with E-state index in [1.807, 2.05) is 18.7 Å². The average molecular weight is 341 g/mol. The average Bonchev–Trinajstić information content (AvgIpc) is 2.33. The highest BCUT2D eigenvalue weighted by atomic mass is 79.9. The zero-order chi connectivity index (χ0) is 13.7. The standard InChI is InChI=1S/C13H17BrClF2N/c1-9(2)18(7-3-6-15)8-10-12(16)5-4-11(14)13(10)17/h4-5,9H,3,6-8H2,1-2H3. The summed E-state index contributed by atoms with van der Waals surface area (Å²) >= 11 is 8.74. The first-order valence-electron chi connectivity index (χ1n) is 5.89. The van der Waals surface area contributed by atoms with E-state index in [-0.39, 0.29) is 18.2 Å². The second kappa shape index (κ2) is 7.41. The Morgan fingerprint density at radius 3 is 2.56 bits per heavy atom. The van der Waals surface area contributed by atoms with E-state index in [2.05, 4.69) is 15.9 Å². The molecule has 0 radical (unpaired) electrons. The van der Waals surface area contributed by atoms with Crippen LogP contribution in [0.3, 0.4) is 0 Å². The fraction of sp³-hybridized carbons (Fsp3) is 0.538. The van der Waals surface area contributed by atoms with E-state index in [1.165, 1.54) is 12.1 Å². The van der Waals surface area contributed by atoms with Crippen molar-refractivity contribution in [1.82, 2.24) is 4.90 Å². The molecule has 0 unspecified atom stereocenters. The van der Waals surface area contributed by atoms with Crippen LogP contribution in [0.4, 0.5) is 8.78 Å². The fourth-order valence-electron chi connectivity index (χ4n) is 1.70. The third-order valence-corrected chi connectivity index (χ3v) is 3.69. The number of hydrogen-bond donors (Lipinski definition) is 0. The van der Waals surface area contributed by atoms with Gasteiger partial charge in [0.05, 0.1) is 4.47 Å². The predicted molar refractivity (Wildman–Crippen MR) is 74.9 cm³/mol. The van der Waals surface area contributed by atoms with Crippen molar-refractivity contribution in [3.05, 3.63) is 33.8 Å². The molecule has 0 N–H and O–H groups in total. The first-order chi connectivity index (χ1) is 8.47. The molecular formula is C13H17BrClF2N. The molecule has 0 aliphatic carbocycles. The van der Waals surface area contributed by atoms with Crippen LogP contribution in [-0.2, 0) is 6.54 Å². The largest absolute Gasteiger partial charge is 0.296 e. The van der Waals surface area contributed by atoms with Crippen molar-refractivity contribution in [3.63, 3.8) is 0 Å². The topological polar surface area (TPSA) is 3.24 Å². The van der Waals surface area contributed by atoms with E-state index >= 15 is 0 Å². The van der Waals surface area contributed by atoms with Crippen molar-refractivity contribution in [2.24, 2.45) is 0 Å². The molecule has 0 fully saturated rings. The van der Waals surface area contributed by atoms with Crippen molar-refractivity contribution < 1.29 is 8.78 Å². The third kappa shape index (κ3) is 4.18. The molecule has 1 nitrogen and oxygen atoms in total. The molecule has 5 heteroatoms. The highest BCUT2D eigenvalue weighted by molar-refractivity contribution is 9.10. The molecule has 1 aromatic rings. The summed E-state index contributed by atoms with van der Waals surface area (Å²) in [7, 11) is 0. The summed E-state index contributed by atoms with van der Waals surface area (Å²) in [5, 5.41) is 0. The summed E-state index contributed by atoms with van der Waals surface area (Å²) in [5.74, 6) is -0.481. The molecule has 1 aromatic carbocycles. The number of alkyl halides is 1. The van der Waals surface area contributed by atoms with Gasteiger partial charge in [0.25, 0.3) is 0 Å². The van der Waals surface area contributed by atoms with Crippen molar-refractivity contribution in [1.29, 1.82) is 0 Å². The summed E-state index contributed by atoms with van der Waals surface area (Å²) in [6.45, 7) is 4.99. The van der Waals surface area contributed by atoms with Crippen molar-refractivity contribution in [3.8, 4) is 0 Å². The Balaban J connectivity index is 2.89. The van der Waals surface area contributed by atoms with Gasteiger partial charge >= 0.3 is 0 Å². The summed E-state index contributed by atoms with van der Waals surface area (Å²) in [5.41, 5.74) is 0.104. The Kier molecular flexibility index (Phi) is 6.53. The maximum atomic E-state index is 13.9. The predicted octanol–water partition coefficient (Wildman–Crippen LogP) is 4.57. The smallest absolute Gasteiger partial charge is 0.144 e. The Labute approximate surface area is 120 Å². The normalized spacial score (nSPS) is 11.6. The minimum Gasteiger partial charge on any atom is -0.296 e. The molecule has 0 saturated carbocycles. The van der Waals surface area contributed by atoms with Gasteiger partial charge in [0.2, 0.25) is 0 Å². The quantitative estimate of drug-likeness (QED) is 0.542. The molecule has 0 bridgehead atoms. The second-order valence-corrected chi connectivity index (χ2v) is 5.66. The lowest BCUT2D eigenvalue weighted by Crippen LogP contribution is -2.32. The van der Waals surface area contributed by atoms with Crippen LogP contribution in [0.15, 0.2) is 16.6 Å². The third-order valence-electron chi connectivity index (χ3n) is 2.81. The van der Waals surface area contributed by atoms with Gasteiger partial charge in [-0.05, 0) is 54.9 Å². The van der Waals surface area contributed by atoms with Gasteiger partial charge in [-0.2, -0.15) is 0 Å². The van der Waals surface area contributed by atoms with E-state index in [0.717, 1.165) is 13.0 Å². The van der Waals surface area contributed by atoms with E-state index in [4.69, 9.17) is 11.6 Å². The van der Waals surface area contributed by atoms with E-state index in [0.29, 0.717) is 10.4 Å². The van der Waals surface area contributed by atoms with Crippen molar-refractivity contribution in [2.45, 2.75) is 32.9 Å². The molecule has 0 aliphatic heterocycles. The molecule has 1 rings (SSSR count). The second-order valence-electron chi connectivity index (χ2n) is 4.43. The van der Waals surface area contributed by atoms with Gasteiger partial charge in [-0.25, -0.2) is 8.78 Å². The molecule has 0 aliphatic rings. The number of halogens is 4. The van der Waals surface area contributed by atoms with Crippen LogP contribution in [0.5, 0.6) is 0 Å². The lowest BCUT2D eigenvalue weighted by Gasteiger charge is -2.26. The molecule has 102 valence electrons. The van der Waals surface area contributed by atoms with Crippen LogP contribution in [-0.4, -0.2) is 23.4 Å². The van der Waals surface area contributed by atoms with E-state index in [1.54, 1.807) is 0 Å². The van der Waals surface area contributed by atoms with Gasteiger partial charge in [-0.3, -0.25) is 4.90 Å². The first-order valence-corrected chi connectivity index (χ1v) is 7.22. The molecule has 0 atom stereocenters. The monoisotopic (exact) mass is 339 g/mol. The highest BCUT2D eigenvalue weighted by Crippen LogP contribution is 2.23. The van der Waals surface area contributed by atoms with E-state index in [9.17, 15) is 8.78 Å². The van der Waals surface area contributed by atoms with Crippen LogP contribution in [0, 0.1) is 11.6 Å². The molecule has 18 heavy (non-hydrogen) atoms. The molecule has 0 spiro atoms. The summed E-state index contributed by atoms with van der Waals surface area (Å²) in [6, 6.07) is 2.88. The Bertz CT molecular complexity index is 399. The molecule has 0 heterocycles. The number of benzene rings is 1. The van der Waals surface area contributed by atoms with Crippen LogP contribution >= 0.6 is 27.5 Å². The molecule has 0 saturated heterocycles. The summed E-state index contributed by atoms with van der Waals surface area (Å²) in [4.78, 5) is 2.01. The lowest BCUT2D eigenvalue weighted by molar-refractivity contribution is 0.208. The zero-order valence-electron chi connectivity index (χ0n) is 10.5. The van der Waals surface area contributed by atoms with E-state index < -0.39 is 11.6 Å². The van der Waals surface area contributed by atoms with Crippen LogP contribution in [0.1, 0.15) is 25.8 Å². The first kappa shape index (κ1) is 15.9. The summed E-state index contributed by atoms with van der Waals surface area (Å²) in [6.07, 6.45) is 0.803. The maximum absolute atomic E-state index is 13.9. The maximum Gasteiger partial charge on any atom is 0.144 e. The number of hydrogen-bond acceptors (Lipinski definition) is 1.